The summed E-state index contributed by atoms with van der Waals surface area (Å²) >= 11 is 1.45. The molecule has 2 aromatic rings. The zero-order valence-corrected chi connectivity index (χ0v) is 15.3. The molecule has 0 spiro atoms. The first-order chi connectivity index (χ1) is 11.4. The number of aryl methyl sites for hydroxylation is 1. The lowest BCUT2D eigenvalue weighted by Crippen LogP contribution is -2.51. The second kappa shape index (κ2) is 6.65. The molecule has 24 heavy (non-hydrogen) atoms. The van der Waals surface area contributed by atoms with Crippen molar-refractivity contribution in [1.82, 2.24) is 9.88 Å². The van der Waals surface area contributed by atoms with Gasteiger partial charge in [-0.3, -0.25) is 4.79 Å². The summed E-state index contributed by atoms with van der Waals surface area (Å²) in [5.74, 6) is 0.151. The Morgan fingerprint density at radius 1 is 1.42 bits per heavy atom. The predicted molar refractivity (Wildman–Crippen MR) is 97.2 cm³/mol. The third-order valence-corrected chi connectivity index (χ3v) is 5.92. The van der Waals surface area contributed by atoms with Crippen LogP contribution in [0.3, 0.4) is 0 Å². The standard InChI is InChI=1S/C19H24N2O2S/c1-4-15-12-21(11-10-19(15,3)23)18(22)17-16(20-13(2)24-17)14-8-6-5-7-9-14/h5-9,15,23H,4,10-12H2,1-3H3/t15-,19+/m0/s1. The van der Waals surface area contributed by atoms with Gasteiger partial charge in [-0.25, -0.2) is 4.98 Å². The number of hydrogen-bond donors (Lipinski definition) is 1. The summed E-state index contributed by atoms with van der Waals surface area (Å²) < 4.78 is 0. The van der Waals surface area contributed by atoms with Crippen LogP contribution in [0.1, 0.15) is 41.4 Å². The van der Waals surface area contributed by atoms with Crippen molar-refractivity contribution >= 4 is 17.2 Å². The lowest BCUT2D eigenvalue weighted by atomic mass is 9.81. The van der Waals surface area contributed by atoms with Gasteiger partial charge in [-0.2, -0.15) is 0 Å². The molecule has 1 amide bonds. The Hall–Kier alpha value is -1.72. The number of nitrogens with zero attached hydrogens (tertiary/aromatic N) is 2. The molecule has 3 rings (SSSR count). The molecule has 2 heterocycles. The molecule has 1 aromatic carbocycles. The molecule has 1 aromatic heterocycles. The number of likely N-dealkylation sites (tertiary alicyclic amines) is 1. The maximum atomic E-state index is 13.1. The van der Waals surface area contributed by atoms with Crippen molar-refractivity contribution < 1.29 is 9.90 Å². The fraction of sp³-hybridized carbons (Fsp3) is 0.474. The molecule has 1 fully saturated rings. The molecule has 5 heteroatoms. The fourth-order valence-electron chi connectivity index (χ4n) is 3.38. The van der Waals surface area contributed by atoms with Gasteiger partial charge in [0, 0.05) is 24.6 Å². The van der Waals surface area contributed by atoms with Crippen molar-refractivity contribution in [2.24, 2.45) is 5.92 Å². The van der Waals surface area contributed by atoms with Gasteiger partial charge in [0.2, 0.25) is 0 Å². The number of carbonyl (C=O) groups is 1. The quantitative estimate of drug-likeness (QED) is 0.923. The average molecular weight is 344 g/mol. The van der Waals surface area contributed by atoms with Crippen LogP contribution in [-0.4, -0.2) is 39.6 Å². The summed E-state index contributed by atoms with van der Waals surface area (Å²) in [4.78, 5) is 20.3. The summed E-state index contributed by atoms with van der Waals surface area (Å²) in [5, 5.41) is 11.4. The SMILES string of the molecule is CC[C@H]1CN(C(=O)c2sc(C)nc2-c2ccccc2)CC[C@@]1(C)O. The maximum absolute atomic E-state index is 13.1. The average Bonchev–Trinajstić information content (AvgIpc) is 2.97. The van der Waals surface area contributed by atoms with E-state index in [0.717, 1.165) is 22.7 Å². The molecule has 1 aliphatic heterocycles. The van der Waals surface area contributed by atoms with Gasteiger partial charge in [-0.05, 0) is 26.7 Å². The monoisotopic (exact) mass is 344 g/mol. The maximum Gasteiger partial charge on any atom is 0.266 e. The van der Waals surface area contributed by atoms with E-state index >= 15 is 0 Å². The highest BCUT2D eigenvalue weighted by Gasteiger charge is 2.38. The second-order valence-corrected chi connectivity index (χ2v) is 7.94. The van der Waals surface area contributed by atoms with Gasteiger partial charge in [0.25, 0.3) is 5.91 Å². The van der Waals surface area contributed by atoms with Crippen molar-refractivity contribution in [3.8, 4) is 11.3 Å². The van der Waals surface area contributed by atoms with Crippen molar-refractivity contribution in [1.29, 1.82) is 0 Å². The Labute approximate surface area is 147 Å². The third kappa shape index (κ3) is 3.23. The molecule has 0 bridgehead atoms. The van der Waals surface area contributed by atoms with E-state index in [1.807, 2.05) is 49.1 Å². The van der Waals surface area contributed by atoms with Crippen LogP contribution in [0.15, 0.2) is 30.3 Å². The van der Waals surface area contributed by atoms with E-state index in [1.54, 1.807) is 0 Å². The van der Waals surface area contributed by atoms with Gasteiger partial charge in [0.15, 0.2) is 0 Å². The van der Waals surface area contributed by atoms with Crippen molar-refractivity contribution in [3.05, 3.63) is 40.2 Å². The van der Waals surface area contributed by atoms with Gasteiger partial charge < -0.3 is 10.0 Å². The number of aromatic nitrogens is 1. The summed E-state index contributed by atoms with van der Waals surface area (Å²) in [5.41, 5.74) is 1.06. The molecule has 0 radical (unpaired) electrons. The molecule has 1 N–H and O–H groups in total. The van der Waals surface area contributed by atoms with Crippen LogP contribution in [0.25, 0.3) is 11.3 Å². The van der Waals surface area contributed by atoms with Crippen molar-refractivity contribution in [2.75, 3.05) is 13.1 Å². The van der Waals surface area contributed by atoms with E-state index in [2.05, 4.69) is 11.9 Å². The first kappa shape index (κ1) is 17.1. The number of hydrogen-bond acceptors (Lipinski definition) is 4. The Morgan fingerprint density at radius 2 is 2.12 bits per heavy atom. The van der Waals surface area contributed by atoms with E-state index in [9.17, 15) is 9.90 Å². The molecule has 1 saturated heterocycles. The van der Waals surface area contributed by atoms with Crippen LogP contribution in [0.4, 0.5) is 0 Å². The summed E-state index contributed by atoms with van der Waals surface area (Å²) in [6.07, 6.45) is 1.49. The van der Waals surface area contributed by atoms with Gasteiger partial charge in [-0.15, -0.1) is 11.3 Å². The molecule has 2 atom stereocenters. The van der Waals surface area contributed by atoms with E-state index < -0.39 is 5.60 Å². The van der Waals surface area contributed by atoms with E-state index in [4.69, 9.17) is 0 Å². The Morgan fingerprint density at radius 3 is 2.79 bits per heavy atom. The minimum atomic E-state index is -0.683. The molecular weight excluding hydrogens is 320 g/mol. The number of piperidine rings is 1. The zero-order chi connectivity index (χ0) is 17.3. The summed E-state index contributed by atoms with van der Waals surface area (Å²) in [6, 6.07) is 9.86. The first-order valence-corrected chi connectivity index (χ1v) is 9.28. The van der Waals surface area contributed by atoms with Crippen LogP contribution < -0.4 is 0 Å². The van der Waals surface area contributed by atoms with Crippen LogP contribution in [0, 0.1) is 12.8 Å². The second-order valence-electron chi connectivity index (χ2n) is 6.74. The van der Waals surface area contributed by atoms with Gasteiger partial charge in [0.05, 0.1) is 16.3 Å². The highest BCUT2D eigenvalue weighted by Crippen LogP contribution is 2.33. The molecule has 0 unspecified atom stereocenters. The number of benzene rings is 1. The number of amides is 1. The Kier molecular flexibility index (Phi) is 4.74. The molecular formula is C19H24N2O2S. The molecule has 4 nitrogen and oxygen atoms in total. The third-order valence-electron chi connectivity index (χ3n) is 4.96. The van der Waals surface area contributed by atoms with Gasteiger partial charge in [-0.1, -0.05) is 37.3 Å². The Balaban J connectivity index is 1.89. The van der Waals surface area contributed by atoms with Crippen LogP contribution >= 0.6 is 11.3 Å². The topological polar surface area (TPSA) is 53.4 Å². The van der Waals surface area contributed by atoms with E-state index in [1.165, 1.54) is 11.3 Å². The largest absolute Gasteiger partial charge is 0.390 e. The highest BCUT2D eigenvalue weighted by atomic mass is 32.1. The lowest BCUT2D eigenvalue weighted by Gasteiger charge is -2.42. The highest BCUT2D eigenvalue weighted by molar-refractivity contribution is 7.14. The molecule has 0 saturated carbocycles. The smallest absolute Gasteiger partial charge is 0.266 e. The van der Waals surface area contributed by atoms with E-state index in [0.29, 0.717) is 24.4 Å². The molecule has 0 aliphatic carbocycles. The normalized spacial score (nSPS) is 24.2. The number of thiazole rings is 1. The van der Waals surface area contributed by atoms with Crippen LogP contribution in [-0.2, 0) is 0 Å². The van der Waals surface area contributed by atoms with Crippen molar-refractivity contribution in [2.45, 2.75) is 39.2 Å². The fourth-order valence-corrected chi connectivity index (χ4v) is 4.29. The lowest BCUT2D eigenvalue weighted by molar-refractivity contribution is -0.0520. The summed E-state index contributed by atoms with van der Waals surface area (Å²) in [7, 11) is 0. The van der Waals surface area contributed by atoms with Crippen LogP contribution in [0.5, 0.6) is 0 Å². The van der Waals surface area contributed by atoms with Crippen molar-refractivity contribution in [3.63, 3.8) is 0 Å². The number of rotatable bonds is 3. The number of carbonyl (C=O) groups excluding carboxylic acids is 1. The van der Waals surface area contributed by atoms with Gasteiger partial charge >= 0.3 is 0 Å². The Bertz CT molecular complexity index is 724. The predicted octanol–water partition coefficient (Wildman–Crippen LogP) is 3.74. The molecule has 128 valence electrons. The minimum Gasteiger partial charge on any atom is -0.390 e. The molecule has 1 aliphatic rings. The number of aliphatic hydroxyl groups is 1. The van der Waals surface area contributed by atoms with Crippen LogP contribution in [0.2, 0.25) is 0 Å². The minimum absolute atomic E-state index is 0.0356. The first-order valence-electron chi connectivity index (χ1n) is 8.47. The van der Waals surface area contributed by atoms with Gasteiger partial charge in [0.1, 0.15) is 4.88 Å². The summed E-state index contributed by atoms with van der Waals surface area (Å²) in [6.45, 7) is 7.08. The zero-order valence-electron chi connectivity index (χ0n) is 14.5. The van der Waals surface area contributed by atoms with E-state index in [-0.39, 0.29) is 11.8 Å².